The van der Waals surface area contributed by atoms with Crippen molar-refractivity contribution in [3.8, 4) is 0 Å². The maximum Gasteiger partial charge on any atom is 0.416 e. The van der Waals surface area contributed by atoms with Crippen molar-refractivity contribution in [2.75, 3.05) is 13.1 Å². The molecule has 1 aromatic carbocycles. The zero-order chi connectivity index (χ0) is 15.6. The Bertz CT molecular complexity index is 456. The molecule has 3 atom stereocenters. The molecule has 1 heterocycles. The van der Waals surface area contributed by atoms with Gasteiger partial charge in [0.15, 0.2) is 0 Å². The van der Waals surface area contributed by atoms with E-state index in [1.165, 1.54) is 12.1 Å². The second-order valence-electron chi connectivity index (χ2n) is 6.20. The van der Waals surface area contributed by atoms with Gasteiger partial charge in [-0.3, -0.25) is 4.90 Å². The molecule has 0 aromatic heterocycles. The van der Waals surface area contributed by atoms with E-state index in [0.29, 0.717) is 12.6 Å². The summed E-state index contributed by atoms with van der Waals surface area (Å²) in [6.45, 7) is 6.15. The lowest BCUT2D eigenvalue weighted by Gasteiger charge is -2.38. The van der Waals surface area contributed by atoms with Crippen LogP contribution in [-0.2, 0) is 6.18 Å². The van der Waals surface area contributed by atoms with Gasteiger partial charge in [-0.05, 0) is 49.9 Å². The summed E-state index contributed by atoms with van der Waals surface area (Å²) >= 11 is 0. The molecule has 2 rings (SSSR count). The van der Waals surface area contributed by atoms with Crippen molar-refractivity contribution in [1.82, 2.24) is 4.90 Å². The Morgan fingerprint density at radius 1 is 1.24 bits per heavy atom. The quantitative estimate of drug-likeness (QED) is 0.919. The number of alkyl halides is 3. The number of likely N-dealkylation sites (tertiary alicyclic amines) is 1. The van der Waals surface area contributed by atoms with E-state index in [-0.39, 0.29) is 6.04 Å². The lowest BCUT2D eigenvalue weighted by atomic mass is 9.92. The topological polar surface area (TPSA) is 29.3 Å². The van der Waals surface area contributed by atoms with Crippen LogP contribution in [0.4, 0.5) is 13.2 Å². The average molecular weight is 300 g/mol. The maximum atomic E-state index is 12.5. The lowest BCUT2D eigenvalue weighted by molar-refractivity contribution is -0.137. The van der Waals surface area contributed by atoms with Crippen LogP contribution in [0.15, 0.2) is 24.3 Å². The molecule has 1 aliphatic rings. The van der Waals surface area contributed by atoms with Crippen LogP contribution in [0.5, 0.6) is 0 Å². The summed E-state index contributed by atoms with van der Waals surface area (Å²) in [5, 5.41) is 0. The second-order valence-corrected chi connectivity index (χ2v) is 6.20. The van der Waals surface area contributed by atoms with Gasteiger partial charge in [0.25, 0.3) is 0 Å². The second kappa shape index (κ2) is 6.36. The number of halogens is 3. The number of nitrogens with two attached hydrogens (primary N) is 1. The Hall–Kier alpha value is -1.07. The van der Waals surface area contributed by atoms with Gasteiger partial charge in [0, 0.05) is 18.6 Å². The molecule has 5 heteroatoms. The SMILES string of the molecule is CC1CCN(CC(N)c2ccc(C(F)(F)F)cc2)C(C)C1. The largest absolute Gasteiger partial charge is 0.416 e. The summed E-state index contributed by atoms with van der Waals surface area (Å²) in [4.78, 5) is 2.34. The first-order valence-corrected chi connectivity index (χ1v) is 7.44. The van der Waals surface area contributed by atoms with E-state index in [1.54, 1.807) is 0 Å². The third kappa shape index (κ3) is 4.20. The Morgan fingerprint density at radius 3 is 2.38 bits per heavy atom. The molecule has 1 aromatic rings. The molecular weight excluding hydrogens is 277 g/mol. The minimum atomic E-state index is -4.29. The summed E-state index contributed by atoms with van der Waals surface area (Å²) in [6.07, 6.45) is -1.98. The molecule has 3 unspecified atom stereocenters. The molecule has 0 saturated carbocycles. The fourth-order valence-corrected chi connectivity index (χ4v) is 3.00. The monoisotopic (exact) mass is 300 g/mol. The van der Waals surface area contributed by atoms with Gasteiger partial charge in [-0.1, -0.05) is 19.1 Å². The molecule has 118 valence electrons. The third-order valence-electron chi connectivity index (χ3n) is 4.37. The molecule has 0 bridgehead atoms. The summed E-state index contributed by atoms with van der Waals surface area (Å²) in [7, 11) is 0. The molecule has 2 nitrogen and oxygen atoms in total. The first kappa shape index (κ1) is 16.3. The van der Waals surface area contributed by atoms with Gasteiger partial charge in [0.05, 0.1) is 5.56 Å². The molecule has 21 heavy (non-hydrogen) atoms. The fourth-order valence-electron chi connectivity index (χ4n) is 3.00. The fraction of sp³-hybridized carbons (Fsp3) is 0.625. The van der Waals surface area contributed by atoms with Crippen molar-refractivity contribution in [2.45, 2.75) is 44.9 Å². The van der Waals surface area contributed by atoms with Gasteiger partial charge in [-0.15, -0.1) is 0 Å². The highest BCUT2D eigenvalue weighted by molar-refractivity contribution is 5.26. The highest BCUT2D eigenvalue weighted by atomic mass is 19.4. The van der Waals surface area contributed by atoms with Gasteiger partial charge < -0.3 is 5.73 Å². The molecule has 0 radical (unpaired) electrons. The third-order valence-corrected chi connectivity index (χ3v) is 4.37. The maximum absolute atomic E-state index is 12.5. The Kier molecular flexibility index (Phi) is 4.94. The van der Waals surface area contributed by atoms with Crippen LogP contribution in [0.25, 0.3) is 0 Å². The lowest BCUT2D eigenvalue weighted by Crippen LogP contribution is -2.43. The van der Waals surface area contributed by atoms with Gasteiger partial charge >= 0.3 is 6.18 Å². The van der Waals surface area contributed by atoms with E-state index in [4.69, 9.17) is 5.73 Å². The summed E-state index contributed by atoms with van der Waals surface area (Å²) in [5.41, 5.74) is 6.29. The minimum absolute atomic E-state index is 0.247. The predicted octanol–water partition coefficient (Wildman–Crippen LogP) is 3.83. The van der Waals surface area contributed by atoms with E-state index in [0.717, 1.165) is 43.0 Å². The van der Waals surface area contributed by atoms with Gasteiger partial charge in [-0.2, -0.15) is 13.2 Å². The van der Waals surface area contributed by atoms with Crippen LogP contribution in [0.2, 0.25) is 0 Å². The average Bonchev–Trinajstić information content (AvgIpc) is 2.41. The standard InChI is InChI=1S/C16H23F3N2/c1-11-7-8-21(12(2)9-11)10-15(20)13-3-5-14(6-4-13)16(17,18)19/h3-6,11-12,15H,7-10,20H2,1-2H3. The Morgan fingerprint density at radius 2 is 1.86 bits per heavy atom. The smallest absolute Gasteiger partial charge is 0.323 e. The van der Waals surface area contributed by atoms with Crippen molar-refractivity contribution < 1.29 is 13.2 Å². The van der Waals surface area contributed by atoms with E-state index in [9.17, 15) is 13.2 Å². The normalized spacial score (nSPS) is 25.8. The van der Waals surface area contributed by atoms with Gasteiger partial charge in [0.1, 0.15) is 0 Å². The Balaban J connectivity index is 1.98. The molecule has 0 aliphatic carbocycles. The van der Waals surface area contributed by atoms with E-state index < -0.39 is 11.7 Å². The summed E-state index contributed by atoms with van der Waals surface area (Å²) in [5.74, 6) is 0.735. The molecule has 1 saturated heterocycles. The number of nitrogens with zero attached hydrogens (tertiary/aromatic N) is 1. The number of benzene rings is 1. The van der Waals surface area contributed by atoms with Crippen LogP contribution in [0, 0.1) is 5.92 Å². The van der Waals surface area contributed by atoms with E-state index in [2.05, 4.69) is 18.7 Å². The zero-order valence-electron chi connectivity index (χ0n) is 12.5. The molecule has 0 spiro atoms. The first-order valence-electron chi connectivity index (χ1n) is 7.44. The molecular formula is C16H23F3N2. The van der Waals surface area contributed by atoms with Crippen molar-refractivity contribution in [1.29, 1.82) is 0 Å². The van der Waals surface area contributed by atoms with E-state index in [1.807, 2.05) is 0 Å². The number of piperidine rings is 1. The molecule has 1 fully saturated rings. The first-order chi connectivity index (χ1) is 9.77. The zero-order valence-corrected chi connectivity index (χ0v) is 12.5. The summed E-state index contributed by atoms with van der Waals surface area (Å²) < 4.78 is 37.6. The van der Waals surface area contributed by atoms with Gasteiger partial charge in [-0.25, -0.2) is 0 Å². The van der Waals surface area contributed by atoms with E-state index >= 15 is 0 Å². The number of rotatable bonds is 3. The van der Waals surface area contributed by atoms with Crippen LogP contribution >= 0.6 is 0 Å². The molecule has 2 N–H and O–H groups in total. The highest BCUT2D eigenvalue weighted by Crippen LogP contribution is 2.30. The summed E-state index contributed by atoms with van der Waals surface area (Å²) in [6, 6.07) is 5.43. The van der Waals surface area contributed by atoms with Crippen LogP contribution in [-0.4, -0.2) is 24.0 Å². The Labute approximate surface area is 124 Å². The van der Waals surface area contributed by atoms with Crippen LogP contribution in [0.3, 0.4) is 0 Å². The molecule has 0 amide bonds. The number of hydrogen-bond donors (Lipinski definition) is 1. The van der Waals surface area contributed by atoms with Gasteiger partial charge in [0.2, 0.25) is 0 Å². The van der Waals surface area contributed by atoms with Crippen molar-refractivity contribution in [3.63, 3.8) is 0 Å². The van der Waals surface area contributed by atoms with Crippen molar-refractivity contribution in [3.05, 3.63) is 35.4 Å². The van der Waals surface area contributed by atoms with Crippen molar-refractivity contribution >= 4 is 0 Å². The number of hydrogen-bond acceptors (Lipinski definition) is 2. The molecule has 1 aliphatic heterocycles. The van der Waals surface area contributed by atoms with Crippen molar-refractivity contribution in [2.24, 2.45) is 11.7 Å². The predicted molar refractivity (Wildman–Crippen MR) is 77.8 cm³/mol. The highest BCUT2D eigenvalue weighted by Gasteiger charge is 2.30. The van der Waals surface area contributed by atoms with Crippen LogP contribution < -0.4 is 5.73 Å². The minimum Gasteiger partial charge on any atom is -0.323 e. The van der Waals surface area contributed by atoms with Crippen LogP contribution in [0.1, 0.15) is 43.9 Å².